The summed E-state index contributed by atoms with van der Waals surface area (Å²) in [5, 5.41) is 0.950. The second kappa shape index (κ2) is 6.21. The molecule has 0 fully saturated rings. The van der Waals surface area contributed by atoms with Gasteiger partial charge in [-0.25, -0.2) is 4.39 Å². The first-order valence-corrected chi connectivity index (χ1v) is 6.33. The Hall–Kier alpha value is -0.610. The smallest absolute Gasteiger partial charge is 0.258 e. The van der Waals surface area contributed by atoms with Crippen molar-refractivity contribution in [3.05, 3.63) is 34.6 Å². The Balaban J connectivity index is 2.87. The molecular weight excluding hydrogens is 296 g/mol. The highest BCUT2D eigenvalue weighted by Crippen LogP contribution is 2.20. The number of amides is 1. The van der Waals surface area contributed by atoms with E-state index >= 15 is 0 Å². The second-order valence-corrected chi connectivity index (χ2v) is 4.57. The minimum Gasteiger partial charge on any atom is -0.342 e. The van der Waals surface area contributed by atoms with Crippen molar-refractivity contribution in [3.8, 4) is 0 Å². The molecule has 0 aliphatic rings. The van der Waals surface area contributed by atoms with Crippen LogP contribution in [0.25, 0.3) is 0 Å². The van der Waals surface area contributed by atoms with Crippen LogP contribution in [0, 0.1) is 5.82 Å². The lowest BCUT2D eigenvalue weighted by Crippen LogP contribution is -2.29. The Bertz CT molecular complexity index is 366. The van der Waals surface area contributed by atoms with E-state index in [4.69, 9.17) is 11.6 Å². The molecule has 0 saturated heterocycles. The van der Waals surface area contributed by atoms with Gasteiger partial charge in [-0.15, -0.1) is 0 Å². The van der Waals surface area contributed by atoms with Crippen molar-refractivity contribution in [1.29, 1.82) is 0 Å². The van der Waals surface area contributed by atoms with Crippen molar-refractivity contribution in [2.45, 2.75) is 6.42 Å². The van der Waals surface area contributed by atoms with Gasteiger partial charge >= 0.3 is 0 Å². The van der Waals surface area contributed by atoms with Crippen molar-refractivity contribution >= 4 is 33.4 Å². The van der Waals surface area contributed by atoms with Crippen molar-refractivity contribution in [2.24, 2.45) is 0 Å². The largest absolute Gasteiger partial charge is 0.342 e. The normalized spacial score (nSPS) is 10.2. The number of alkyl halides is 1. The molecule has 0 spiro atoms. The summed E-state index contributed by atoms with van der Waals surface area (Å²) in [4.78, 5) is 13.3. The zero-order valence-electron chi connectivity index (χ0n) is 8.84. The summed E-state index contributed by atoms with van der Waals surface area (Å²) in [7, 11) is 1.63. The predicted octanol–water partition coefficient (Wildman–Crippen LogP) is 3.34. The van der Waals surface area contributed by atoms with Crippen LogP contribution >= 0.6 is 27.5 Å². The van der Waals surface area contributed by atoms with Crippen molar-refractivity contribution < 1.29 is 9.18 Å². The summed E-state index contributed by atoms with van der Waals surface area (Å²) < 4.78 is 13.4. The first-order valence-electron chi connectivity index (χ1n) is 4.83. The number of hydrogen-bond donors (Lipinski definition) is 0. The lowest BCUT2D eigenvalue weighted by molar-refractivity contribution is 0.0791. The van der Waals surface area contributed by atoms with Crippen LogP contribution in [0.5, 0.6) is 0 Å². The third-order valence-corrected chi connectivity index (χ3v) is 3.03. The molecule has 0 aromatic heterocycles. The Labute approximate surface area is 108 Å². The van der Waals surface area contributed by atoms with Crippen LogP contribution < -0.4 is 0 Å². The summed E-state index contributed by atoms with van der Waals surface area (Å²) in [6.07, 6.45) is 0.814. The molecule has 1 amide bonds. The number of carbonyl (C=O) groups is 1. The Morgan fingerprint density at radius 3 is 2.81 bits per heavy atom. The van der Waals surface area contributed by atoms with Gasteiger partial charge in [0.2, 0.25) is 0 Å². The van der Waals surface area contributed by atoms with Crippen LogP contribution in [-0.4, -0.2) is 29.7 Å². The third kappa shape index (κ3) is 3.19. The monoisotopic (exact) mass is 307 g/mol. The highest BCUT2D eigenvalue weighted by Gasteiger charge is 2.18. The zero-order valence-corrected chi connectivity index (χ0v) is 11.2. The number of carbonyl (C=O) groups excluding carboxylic acids is 1. The van der Waals surface area contributed by atoms with Gasteiger partial charge in [0, 0.05) is 18.9 Å². The minimum atomic E-state index is -0.580. The Morgan fingerprint density at radius 2 is 2.25 bits per heavy atom. The van der Waals surface area contributed by atoms with E-state index in [0.29, 0.717) is 6.54 Å². The Morgan fingerprint density at radius 1 is 1.56 bits per heavy atom. The SMILES string of the molecule is CN(CCCBr)C(=O)c1c(F)cccc1Cl. The number of benzene rings is 1. The number of rotatable bonds is 4. The average molecular weight is 309 g/mol. The maximum Gasteiger partial charge on any atom is 0.258 e. The fourth-order valence-corrected chi connectivity index (χ4v) is 1.79. The molecule has 0 radical (unpaired) electrons. The minimum absolute atomic E-state index is 0.0544. The molecule has 0 aliphatic heterocycles. The molecule has 0 atom stereocenters. The van der Waals surface area contributed by atoms with Crippen LogP contribution in [0.1, 0.15) is 16.8 Å². The van der Waals surface area contributed by atoms with Gasteiger partial charge in [-0.2, -0.15) is 0 Å². The average Bonchev–Trinajstić information content (AvgIpc) is 2.25. The maximum absolute atomic E-state index is 13.4. The molecular formula is C11H12BrClFNO. The van der Waals surface area contributed by atoms with Gasteiger partial charge in [-0.1, -0.05) is 33.6 Å². The summed E-state index contributed by atoms with van der Waals surface area (Å²) in [6.45, 7) is 0.564. The molecule has 2 nitrogen and oxygen atoms in total. The lowest BCUT2D eigenvalue weighted by Gasteiger charge is -2.17. The molecule has 0 aliphatic carbocycles. The summed E-state index contributed by atoms with van der Waals surface area (Å²) in [5.41, 5.74) is -0.0544. The molecule has 16 heavy (non-hydrogen) atoms. The second-order valence-electron chi connectivity index (χ2n) is 3.37. The van der Waals surface area contributed by atoms with Gasteiger partial charge in [0.1, 0.15) is 5.82 Å². The van der Waals surface area contributed by atoms with Gasteiger partial charge in [0.25, 0.3) is 5.91 Å². The van der Waals surface area contributed by atoms with Gasteiger partial charge in [-0.3, -0.25) is 4.79 Å². The zero-order chi connectivity index (χ0) is 12.1. The molecule has 1 rings (SSSR count). The van der Waals surface area contributed by atoms with Gasteiger partial charge < -0.3 is 4.90 Å². The molecule has 5 heteroatoms. The third-order valence-electron chi connectivity index (χ3n) is 2.15. The van der Waals surface area contributed by atoms with E-state index in [1.165, 1.54) is 23.1 Å². The first kappa shape index (κ1) is 13.5. The lowest BCUT2D eigenvalue weighted by atomic mass is 10.2. The maximum atomic E-state index is 13.4. The topological polar surface area (TPSA) is 20.3 Å². The van der Waals surface area contributed by atoms with Crippen molar-refractivity contribution in [3.63, 3.8) is 0 Å². The molecule has 1 aromatic rings. The van der Waals surface area contributed by atoms with Crippen LogP contribution in [0.2, 0.25) is 5.02 Å². The van der Waals surface area contributed by atoms with Gasteiger partial charge in [0.15, 0.2) is 0 Å². The molecule has 0 unspecified atom stereocenters. The molecule has 0 N–H and O–H groups in total. The molecule has 0 saturated carbocycles. The molecule has 0 heterocycles. The van der Waals surface area contributed by atoms with E-state index in [9.17, 15) is 9.18 Å². The highest BCUT2D eigenvalue weighted by atomic mass is 79.9. The number of halogens is 3. The fraction of sp³-hybridized carbons (Fsp3) is 0.364. The van der Waals surface area contributed by atoms with E-state index in [2.05, 4.69) is 15.9 Å². The van der Waals surface area contributed by atoms with Crippen LogP contribution in [0.3, 0.4) is 0 Å². The van der Waals surface area contributed by atoms with E-state index in [1.807, 2.05) is 0 Å². The van der Waals surface area contributed by atoms with Crippen LogP contribution in [0.4, 0.5) is 4.39 Å². The van der Waals surface area contributed by atoms with Gasteiger partial charge in [0.05, 0.1) is 10.6 Å². The van der Waals surface area contributed by atoms with Gasteiger partial charge in [-0.05, 0) is 18.6 Å². The predicted molar refractivity (Wildman–Crippen MR) is 66.8 cm³/mol. The van der Waals surface area contributed by atoms with Crippen LogP contribution in [-0.2, 0) is 0 Å². The molecule has 1 aromatic carbocycles. The summed E-state index contributed by atoms with van der Waals surface area (Å²) in [6, 6.07) is 4.22. The molecule has 0 bridgehead atoms. The van der Waals surface area contributed by atoms with Crippen molar-refractivity contribution in [1.82, 2.24) is 4.90 Å². The van der Waals surface area contributed by atoms with E-state index in [0.717, 1.165) is 11.8 Å². The summed E-state index contributed by atoms with van der Waals surface area (Å²) in [5.74, 6) is -0.966. The Kier molecular flexibility index (Phi) is 5.22. The molecule has 88 valence electrons. The number of nitrogens with zero attached hydrogens (tertiary/aromatic N) is 1. The summed E-state index contributed by atoms with van der Waals surface area (Å²) >= 11 is 9.08. The van der Waals surface area contributed by atoms with Crippen LogP contribution in [0.15, 0.2) is 18.2 Å². The quantitative estimate of drug-likeness (QED) is 0.781. The highest BCUT2D eigenvalue weighted by molar-refractivity contribution is 9.09. The van der Waals surface area contributed by atoms with E-state index < -0.39 is 5.82 Å². The first-order chi connectivity index (χ1) is 7.57. The standard InChI is InChI=1S/C11H12BrClFNO/c1-15(7-3-6-12)11(16)10-8(13)4-2-5-9(10)14/h2,4-5H,3,6-7H2,1H3. The van der Waals surface area contributed by atoms with Crippen molar-refractivity contribution in [2.75, 3.05) is 18.9 Å². The van der Waals surface area contributed by atoms with E-state index in [-0.39, 0.29) is 16.5 Å². The fourth-order valence-electron chi connectivity index (χ4n) is 1.29. The van der Waals surface area contributed by atoms with E-state index in [1.54, 1.807) is 7.05 Å². The number of hydrogen-bond acceptors (Lipinski definition) is 1.